The molecule has 0 saturated carbocycles. The molecular formula is C22H28N2O2S. The van der Waals surface area contributed by atoms with E-state index in [9.17, 15) is 4.79 Å². The summed E-state index contributed by atoms with van der Waals surface area (Å²) in [6.45, 7) is 10.8. The molecule has 0 fully saturated rings. The minimum atomic E-state index is -0.340. The van der Waals surface area contributed by atoms with Crippen molar-refractivity contribution in [3.8, 4) is 0 Å². The molecule has 0 saturated heterocycles. The maximum Gasteiger partial charge on any atom is 0.338 e. The summed E-state index contributed by atoms with van der Waals surface area (Å²) in [6, 6.07) is 15.7. The molecule has 0 aromatic heterocycles. The molecule has 0 aliphatic rings. The summed E-state index contributed by atoms with van der Waals surface area (Å²) in [5.74, 6) is -0.340. The van der Waals surface area contributed by atoms with E-state index in [4.69, 9.17) is 17.0 Å². The fourth-order valence-electron chi connectivity index (χ4n) is 2.66. The van der Waals surface area contributed by atoms with E-state index in [1.807, 2.05) is 6.07 Å². The Morgan fingerprint density at radius 3 is 2.41 bits per heavy atom. The number of carbonyl (C=O) groups is 1. The van der Waals surface area contributed by atoms with Crippen LogP contribution in [0.4, 0.5) is 5.69 Å². The van der Waals surface area contributed by atoms with Crippen LogP contribution in [0.1, 0.15) is 62.1 Å². The number of nitrogens with one attached hydrogen (secondary N) is 2. The van der Waals surface area contributed by atoms with Crippen molar-refractivity contribution < 1.29 is 9.53 Å². The van der Waals surface area contributed by atoms with Gasteiger partial charge in [-0.2, -0.15) is 0 Å². The molecule has 0 amide bonds. The van der Waals surface area contributed by atoms with E-state index in [1.54, 1.807) is 25.1 Å². The second kappa shape index (κ2) is 9.00. The van der Waals surface area contributed by atoms with Gasteiger partial charge in [0, 0.05) is 5.69 Å². The first-order valence-electron chi connectivity index (χ1n) is 9.16. The number of hydrogen-bond donors (Lipinski definition) is 2. The second-order valence-electron chi connectivity index (χ2n) is 7.49. The van der Waals surface area contributed by atoms with Gasteiger partial charge in [0.2, 0.25) is 0 Å². The van der Waals surface area contributed by atoms with Gasteiger partial charge in [-0.25, -0.2) is 4.79 Å². The van der Waals surface area contributed by atoms with E-state index in [0.717, 1.165) is 11.3 Å². The SMILES string of the molecule is CCOC(=O)c1cccc(NC(=S)N[C@H](C)c2ccc(C(C)(C)C)cc2)c1. The van der Waals surface area contributed by atoms with Gasteiger partial charge in [-0.15, -0.1) is 0 Å². The minimum absolute atomic E-state index is 0.0623. The van der Waals surface area contributed by atoms with Gasteiger partial charge in [-0.1, -0.05) is 51.1 Å². The molecule has 4 nitrogen and oxygen atoms in total. The zero-order valence-electron chi connectivity index (χ0n) is 16.6. The van der Waals surface area contributed by atoms with Crippen LogP contribution in [-0.2, 0) is 10.2 Å². The van der Waals surface area contributed by atoms with Crippen LogP contribution in [0.2, 0.25) is 0 Å². The topological polar surface area (TPSA) is 50.4 Å². The third kappa shape index (κ3) is 6.07. The summed E-state index contributed by atoms with van der Waals surface area (Å²) in [5.41, 5.74) is 3.84. The van der Waals surface area contributed by atoms with Crippen LogP contribution < -0.4 is 10.6 Å². The summed E-state index contributed by atoms with van der Waals surface area (Å²) in [6.07, 6.45) is 0. The van der Waals surface area contributed by atoms with Gasteiger partial charge in [-0.3, -0.25) is 0 Å². The molecule has 2 rings (SSSR count). The van der Waals surface area contributed by atoms with Gasteiger partial charge in [0.1, 0.15) is 0 Å². The van der Waals surface area contributed by atoms with E-state index in [-0.39, 0.29) is 17.4 Å². The van der Waals surface area contributed by atoms with Crippen molar-refractivity contribution in [2.45, 2.75) is 46.1 Å². The molecule has 5 heteroatoms. The maximum atomic E-state index is 11.8. The molecule has 0 bridgehead atoms. The highest BCUT2D eigenvalue weighted by atomic mass is 32.1. The summed E-state index contributed by atoms with van der Waals surface area (Å²) < 4.78 is 5.03. The molecule has 27 heavy (non-hydrogen) atoms. The van der Waals surface area contributed by atoms with Crippen molar-refractivity contribution in [2.24, 2.45) is 0 Å². The number of benzene rings is 2. The van der Waals surface area contributed by atoms with E-state index < -0.39 is 0 Å². The Balaban J connectivity index is 1.99. The Morgan fingerprint density at radius 1 is 1.15 bits per heavy atom. The average Bonchev–Trinajstić information content (AvgIpc) is 2.61. The summed E-state index contributed by atoms with van der Waals surface area (Å²) in [4.78, 5) is 11.8. The lowest BCUT2D eigenvalue weighted by Gasteiger charge is -2.21. The molecule has 2 N–H and O–H groups in total. The van der Waals surface area contributed by atoms with Crippen LogP contribution in [-0.4, -0.2) is 17.7 Å². The van der Waals surface area contributed by atoms with Crippen LogP contribution >= 0.6 is 12.2 Å². The van der Waals surface area contributed by atoms with Crippen LogP contribution in [0.25, 0.3) is 0 Å². The molecule has 2 aromatic carbocycles. The van der Waals surface area contributed by atoms with Crippen molar-refractivity contribution in [2.75, 3.05) is 11.9 Å². The number of thiocarbonyl (C=S) groups is 1. The Hall–Kier alpha value is -2.40. The van der Waals surface area contributed by atoms with E-state index >= 15 is 0 Å². The highest BCUT2D eigenvalue weighted by Crippen LogP contribution is 2.24. The Kier molecular flexibility index (Phi) is 6.97. The fourth-order valence-corrected chi connectivity index (χ4v) is 2.95. The minimum Gasteiger partial charge on any atom is -0.462 e. The Bertz CT molecular complexity index is 795. The number of hydrogen-bond acceptors (Lipinski definition) is 3. The third-order valence-corrected chi connectivity index (χ3v) is 4.48. The molecule has 0 heterocycles. The molecule has 0 spiro atoms. The van der Waals surface area contributed by atoms with Gasteiger partial charge < -0.3 is 15.4 Å². The zero-order valence-corrected chi connectivity index (χ0v) is 17.4. The molecule has 0 aliphatic carbocycles. The lowest BCUT2D eigenvalue weighted by molar-refractivity contribution is 0.0526. The molecule has 0 unspecified atom stereocenters. The van der Waals surface area contributed by atoms with E-state index in [0.29, 0.717) is 17.3 Å². The Labute approximate surface area is 167 Å². The smallest absolute Gasteiger partial charge is 0.338 e. The molecule has 0 aliphatic heterocycles. The van der Waals surface area contributed by atoms with Gasteiger partial charge >= 0.3 is 5.97 Å². The lowest BCUT2D eigenvalue weighted by Crippen LogP contribution is -2.31. The Morgan fingerprint density at radius 2 is 1.81 bits per heavy atom. The fraction of sp³-hybridized carbons (Fsp3) is 0.364. The van der Waals surface area contributed by atoms with Gasteiger partial charge in [-0.05, 0) is 60.8 Å². The largest absolute Gasteiger partial charge is 0.462 e. The zero-order chi connectivity index (χ0) is 20.0. The van der Waals surface area contributed by atoms with Gasteiger partial charge in [0.05, 0.1) is 18.2 Å². The molecule has 144 valence electrons. The second-order valence-corrected chi connectivity index (χ2v) is 7.90. The molecule has 2 aromatic rings. The average molecular weight is 385 g/mol. The highest BCUT2D eigenvalue weighted by molar-refractivity contribution is 7.80. The summed E-state index contributed by atoms with van der Waals surface area (Å²) >= 11 is 5.42. The van der Waals surface area contributed by atoms with Gasteiger partial charge in [0.25, 0.3) is 0 Å². The predicted octanol–water partition coefficient (Wildman–Crippen LogP) is 5.21. The number of ether oxygens (including phenoxy) is 1. The standard InChI is InChI=1S/C22H28N2O2S/c1-6-26-20(25)17-8-7-9-19(14-17)24-21(27)23-15(2)16-10-12-18(13-11-16)22(3,4)5/h7-15H,6H2,1-5H3,(H2,23,24,27)/t15-/m1/s1. The van der Waals surface area contributed by atoms with Crippen molar-refractivity contribution >= 4 is 29.0 Å². The van der Waals surface area contributed by atoms with Crippen LogP contribution in [0.5, 0.6) is 0 Å². The number of carbonyl (C=O) groups excluding carboxylic acids is 1. The lowest BCUT2D eigenvalue weighted by atomic mass is 9.86. The molecule has 0 radical (unpaired) electrons. The van der Waals surface area contributed by atoms with E-state index in [1.165, 1.54) is 5.56 Å². The molecule has 1 atom stereocenters. The normalized spacial score (nSPS) is 12.2. The first-order valence-corrected chi connectivity index (χ1v) is 9.56. The summed E-state index contributed by atoms with van der Waals surface area (Å²) in [5, 5.41) is 6.91. The number of rotatable bonds is 5. The predicted molar refractivity (Wildman–Crippen MR) is 115 cm³/mol. The number of anilines is 1. The number of esters is 1. The van der Waals surface area contributed by atoms with Crippen LogP contribution in [0, 0.1) is 0 Å². The van der Waals surface area contributed by atoms with Crippen molar-refractivity contribution in [3.05, 3.63) is 65.2 Å². The molecular weight excluding hydrogens is 356 g/mol. The maximum absolute atomic E-state index is 11.8. The first-order chi connectivity index (χ1) is 12.7. The summed E-state index contributed by atoms with van der Waals surface area (Å²) in [7, 11) is 0. The van der Waals surface area contributed by atoms with E-state index in [2.05, 4.69) is 62.6 Å². The first kappa shape index (κ1) is 20.9. The monoisotopic (exact) mass is 384 g/mol. The highest BCUT2D eigenvalue weighted by Gasteiger charge is 2.14. The van der Waals surface area contributed by atoms with Crippen molar-refractivity contribution in [3.63, 3.8) is 0 Å². The quantitative estimate of drug-likeness (QED) is 0.547. The van der Waals surface area contributed by atoms with Crippen molar-refractivity contribution in [1.82, 2.24) is 5.32 Å². The third-order valence-electron chi connectivity index (χ3n) is 4.26. The van der Waals surface area contributed by atoms with Gasteiger partial charge in [0.15, 0.2) is 5.11 Å². The van der Waals surface area contributed by atoms with Crippen LogP contribution in [0.15, 0.2) is 48.5 Å². The van der Waals surface area contributed by atoms with Crippen LogP contribution in [0.3, 0.4) is 0 Å². The van der Waals surface area contributed by atoms with Crippen molar-refractivity contribution in [1.29, 1.82) is 0 Å².